The minimum Gasteiger partial charge on any atom is -1.00 e. The van der Waals surface area contributed by atoms with Crippen LogP contribution < -0.4 is 53.7 Å². The summed E-state index contributed by atoms with van der Waals surface area (Å²) in [7, 11) is 0. The van der Waals surface area contributed by atoms with Crippen LogP contribution in [0.5, 0.6) is 0 Å². The minimum absolute atomic E-state index is 0. The Morgan fingerprint density at radius 3 is 1.20 bits per heavy atom. The molecule has 0 aromatic heterocycles. The van der Waals surface area contributed by atoms with E-state index in [1.54, 1.807) is 0 Å². The molecule has 0 spiro atoms. The molecular weight excluding hydrogens is 132 g/mol. The number of rotatable bonds is 2. The van der Waals surface area contributed by atoms with E-state index in [2.05, 4.69) is 33.0 Å². The second-order valence-corrected chi connectivity index (χ2v) is 2.48. The molecule has 0 saturated heterocycles. The molecule has 0 aromatic carbocycles. The van der Waals surface area contributed by atoms with E-state index in [4.69, 9.17) is 0 Å². The Bertz CT molecular complexity index is 54.8. The van der Waals surface area contributed by atoms with Crippen LogP contribution in [0.15, 0.2) is 0 Å². The van der Waals surface area contributed by atoms with E-state index in [0.717, 1.165) is 0 Å². The third kappa shape index (κ3) is 22.7. The molecule has 0 bridgehead atoms. The summed E-state index contributed by atoms with van der Waals surface area (Å²) >= 11 is 0. The maximum Gasteiger partial charge on any atom is 1.00 e. The van der Waals surface area contributed by atoms with Crippen molar-refractivity contribution in [2.45, 2.75) is 39.8 Å². The first-order valence-electron chi connectivity index (χ1n) is 2.89. The van der Waals surface area contributed by atoms with Gasteiger partial charge >= 0.3 is 48.4 Å². The molecule has 3 N–H and O–H groups in total. The summed E-state index contributed by atoms with van der Waals surface area (Å²) in [5, 5.41) is 3.31. The molecule has 56 valence electrons. The Morgan fingerprint density at radius 1 is 1.00 bits per heavy atom. The van der Waals surface area contributed by atoms with Crippen LogP contribution in [0.4, 0.5) is 0 Å². The van der Waals surface area contributed by atoms with Crippen LogP contribution in [0.3, 0.4) is 0 Å². The summed E-state index contributed by atoms with van der Waals surface area (Å²) in [6.07, 6.45) is 0. The van der Waals surface area contributed by atoms with Crippen molar-refractivity contribution in [2.75, 3.05) is 0 Å². The van der Waals surface area contributed by atoms with Gasteiger partial charge in [0.2, 0.25) is 0 Å². The molecule has 2 nitrogen and oxygen atoms in total. The Morgan fingerprint density at radius 2 is 1.20 bits per heavy atom. The predicted molar refractivity (Wildman–Crippen MR) is 39.2 cm³/mol. The molecule has 0 aromatic rings. The van der Waals surface area contributed by atoms with Crippen molar-refractivity contribution in [3.8, 4) is 0 Å². The van der Waals surface area contributed by atoms with Gasteiger partial charge in [0.1, 0.15) is 0 Å². The van der Waals surface area contributed by atoms with Crippen molar-refractivity contribution in [3.63, 3.8) is 0 Å². The average Bonchev–Trinajstić information content (AvgIpc) is 1.27. The van der Waals surface area contributed by atoms with E-state index in [1.165, 1.54) is 0 Å². The summed E-state index contributed by atoms with van der Waals surface area (Å²) in [5.41, 5.74) is 0. The summed E-state index contributed by atoms with van der Waals surface area (Å²) in [5.74, 6) is 0. The molecule has 0 aliphatic carbocycles. The summed E-state index contributed by atoms with van der Waals surface area (Å²) in [6.45, 7) is 8.61. The molecular formula is C6H19LiNNaO. The van der Waals surface area contributed by atoms with E-state index in [-0.39, 0.29) is 56.7 Å². The van der Waals surface area contributed by atoms with Crippen LogP contribution in [0, 0.1) is 0 Å². The Hall–Kier alpha value is 1.52. The first-order valence-corrected chi connectivity index (χ1v) is 2.89. The van der Waals surface area contributed by atoms with Crippen LogP contribution >= 0.6 is 0 Å². The van der Waals surface area contributed by atoms with Crippen molar-refractivity contribution in [2.24, 2.45) is 0 Å². The summed E-state index contributed by atoms with van der Waals surface area (Å²) in [6, 6.07) is 1.25. The third-order valence-electron chi connectivity index (χ3n) is 0.667. The molecule has 0 amide bonds. The van der Waals surface area contributed by atoms with E-state index in [9.17, 15) is 0 Å². The van der Waals surface area contributed by atoms with Gasteiger partial charge in [0.15, 0.2) is 0 Å². The molecule has 0 atom stereocenters. The second kappa shape index (κ2) is 13.1. The molecule has 0 fully saturated rings. The van der Waals surface area contributed by atoms with Gasteiger partial charge in [-0.15, -0.1) is 0 Å². The van der Waals surface area contributed by atoms with E-state index in [1.807, 2.05) is 0 Å². The number of hydrogen-bond donors (Lipinski definition) is 1. The van der Waals surface area contributed by atoms with Crippen molar-refractivity contribution >= 4 is 0 Å². The van der Waals surface area contributed by atoms with Crippen LogP contribution in [-0.4, -0.2) is 17.6 Å². The predicted octanol–water partition coefficient (Wildman–Crippen LogP) is -5.20. The van der Waals surface area contributed by atoms with Crippen LogP contribution in [0.25, 0.3) is 0 Å². The molecule has 0 saturated carbocycles. The van der Waals surface area contributed by atoms with Crippen molar-refractivity contribution < 1.29 is 56.7 Å². The van der Waals surface area contributed by atoms with Crippen LogP contribution in [-0.2, 0) is 0 Å². The van der Waals surface area contributed by atoms with Gasteiger partial charge in [0, 0.05) is 12.1 Å². The monoisotopic (exact) mass is 151 g/mol. The first-order chi connectivity index (χ1) is 3.13. The Balaban J connectivity index is -0.0000000180. The summed E-state index contributed by atoms with van der Waals surface area (Å²) in [4.78, 5) is 0. The van der Waals surface area contributed by atoms with Gasteiger partial charge in [-0.1, -0.05) is 27.7 Å². The fraction of sp³-hybridized carbons (Fsp3) is 1.00. The quantitative estimate of drug-likeness (QED) is 0.394. The smallest absolute Gasteiger partial charge is 1.00 e. The van der Waals surface area contributed by atoms with Gasteiger partial charge in [-0.3, -0.25) is 0 Å². The second-order valence-electron chi connectivity index (χ2n) is 2.48. The van der Waals surface area contributed by atoms with Gasteiger partial charge in [-0.2, -0.15) is 0 Å². The third-order valence-corrected chi connectivity index (χ3v) is 0.667. The minimum atomic E-state index is 0. The topological polar surface area (TPSA) is 43.5 Å². The van der Waals surface area contributed by atoms with Gasteiger partial charge in [-0.05, 0) is 0 Å². The standard InChI is InChI=1S/C6H15N.Li.Na.H2O.2H/c1-5(2)7-6(3)4;;;;;/h5-7H,1-4H3;;;1H2;;/q;2*+1;;2*-1. The fourth-order valence-corrected chi connectivity index (χ4v) is 0.667. The fourth-order valence-electron chi connectivity index (χ4n) is 0.667. The summed E-state index contributed by atoms with van der Waals surface area (Å²) < 4.78 is 0. The molecule has 0 unspecified atom stereocenters. The zero-order valence-corrected chi connectivity index (χ0v) is 10.2. The molecule has 0 radical (unpaired) electrons. The van der Waals surface area contributed by atoms with E-state index >= 15 is 0 Å². The normalized spacial score (nSPS) is 7.80. The molecule has 10 heavy (non-hydrogen) atoms. The van der Waals surface area contributed by atoms with E-state index in [0.29, 0.717) is 12.1 Å². The zero-order valence-electron chi connectivity index (χ0n) is 10.2. The van der Waals surface area contributed by atoms with E-state index < -0.39 is 0 Å². The molecule has 0 aliphatic rings. The largest absolute Gasteiger partial charge is 1.00 e. The van der Waals surface area contributed by atoms with Crippen molar-refractivity contribution in [1.82, 2.24) is 5.32 Å². The number of hydrogen-bond acceptors (Lipinski definition) is 1. The van der Waals surface area contributed by atoms with Gasteiger partial charge in [0.25, 0.3) is 0 Å². The Kier molecular flexibility index (Phi) is 29.6. The van der Waals surface area contributed by atoms with Gasteiger partial charge in [-0.25, -0.2) is 0 Å². The maximum absolute atomic E-state index is 3.31. The number of nitrogens with one attached hydrogen (secondary N) is 1. The van der Waals surface area contributed by atoms with Crippen molar-refractivity contribution in [3.05, 3.63) is 0 Å². The Labute approximate surface area is 101 Å². The molecule has 4 heteroatoms. The van der Waals surface area contributed by atoms with Crippen LogP contribution in [0.1, 0.15) is 30.5 Å². The molecule has 0 rings (SSSR count). The van der Waals surface area contributed by atoms with Gasteiger partial charge in [0.05, 0.1) is 0 Å². The van der Waals surface area contributed by atoms with Crippen molar-refractivity contribution in [1.29, 1.82) is 0 Å². The maximum atomic E-state index is 3.31. The SMILES string of the molecule is CC(C)NC(C)C.O.[H-].[H-].[Li+].[Na+]. The first kappa shape index (κ1) is 22.5. The zero-order chi connectivity index (χ0) is 5.86. The van der Waals surface area contributed by atoms with Crippen LogP contribution in [0.2, 0.25) is 0 Å². The van der Waals surface area contributed by atoms with Gasteiger partial charge < -0.3 is 13.6 Å². The molecule has 0 aliphatic heterocycles. The average molecular weight is 151 g/mol. The molecule has 0 heterocycles.